The Bertz CT molecular complexity index is 882. The summed E-state index contributed by atoms with van der Waals surface area (Å²) in [5.74, 6) is 1.28. The van der Waals surface area contributed by atoms with E-state index in [1.807, 2.05) is 29.2 Å². The van der Waals surface area contributed by atoms with Crippen LogP contribution in [0.5, 0.6) is 0 Å². The number of nitrogens with zero attached hydrogens (tertiary/aromatic N) is 1. The summed E-state index contributed by atoms with van der Waals surface area (Å²) in [7, 11) is 0. The van der Waals surface area contributed by atoms with Crippen molar-refractivity contribution in [2.24, 2.45) is 11.8 Å². The van der Waals surface area contributed by atoms with Crippen LogP contribution in [0.4, 0.5) is 5.69 Å². The van der Waals surface area contributed by atoms with E-state index in [9.17, 15) is 9.59 Å². The van der Waals surface area contributed by atoms with Gasteiger partial charge in [0.25, 0.3) is 5.91 Å². The minimum atomic E-state index is 0.0640. The second kappa shape index (κ2) is 8.02. The zero-order valence-corrected chi connectivity index (χ0v) is 17.5. The fourth-order valence-corrected chi connectivity index (χ4v) is 3.74. The van der Waals surface area contributed by atoms with Gasteiger partial charge in [-0.2, -0.15) is 0 Å². The fourth-order valence-electron chi connectivity index (χ4n) is 3.74. The monoisotopic (exact) mass is 390 g/mol. The van der Waals surface area contributed by atoms with E-state index < -0.39 is 0 Å². The molecule has 2 saturated carbocycles. The quantitative estimate of drug-likeness (QED) is 0.705. The van der Waals surface area contributed by atoms with Crippen LogP contribution in [0.15, 0.2) is 48.5 Å². The Balaban J connectivity index is 1.42. The molecule has 4 rings (SSSR count). The summed E-state index contributed by atoms with van der Waals surface area (Å²) in [6.45, 7) is 7.10. The van der Waals surface area contributed by atoms with Gasteiger partial charge in [0.2, 0.25) is 5.91 Å². The lowest BCUT2D eigenvalue weighted by molar-refractivity contribution is -0.117. The van der Waals surface area contributed by atoms with E-state index in [1.165, 1.54) is 5.56 Å². The molecule has 0 bridgehead atoms. The van der Waals surface area contributed by atoms with Crippen molar-refractivity contribution in [2.75, 3.05) is 5.32 Å². The first kappa shape index (κ1) is 19.7. The first-order valence-corrected chi connectivity index (χ1v) is 10.7. The first-order valence-electron chi connectivity index (χ1n) is 10.7. The maximum atomic E-state index is 13.1. The fraction of sp³-hybridized carbons (Fsp3) is 0.440. The van der Waals surface area contributed by atoms with Crippen molar-refractivity contribution in [3.63, 3.8) is 0 Å². The number of rotatable bonds is 7. The molecule has 2 aliphatic rings. The molecule has 0 aliphatic heterocycles. The molecule has 0 saturated heterocycles. The van der Waals surface area contributed by atoms with E-state index in [1.54, 1.807) is 0 Å². The van der Waals surface area contributed by atoms with Gasteiger partial charge in [-0.15, -0.1) is 0 Å². The Labute approximate surface area is 173 Å². The smallest absolute Gasteiger partial charge is 0.254 e. The molecule has 4 nitrogen and oxygen atoms in total. The van der Waals surface area contributed by atoms with E-state index in [4.69, 9.17) is 0 Å². The highest BCUT2D eigenvalue weighted by Crippen LogP contribution is 2.38. The van der Waals surface area contributed by atoms with Crippen molar-refractivity contribution >= 4 is 17.5 Å². The molecule has 2 fully saturated rings. The second-order valence-corrected chi connectivity index (χ2v) is 8.95. The summed E-state index contributed by atoms with van der Waals surface area (Å²) in [6, 6.07) is 16.2. The zero-order valence-electron chi connectivity index (χ0n) is 17.5. The summed E-state index contributed by atoms with van der Waals surface area (Å²) < 4.78 is 0. The average molecular weight is 391 g/mol. The summed E-state index contributed by atoms with van der Waals surface area (Å²) in [5.41, 5.74) is 3.91. The number of anilines is 1. The van der Waals surface area contributed by atoms with Crippen LogP contribution in [-0.4, -0.2) is 22.8 Å². The van der Waals surface area contributed by atoms with Gasteiger partial charge in [-0.1, -0.05) is 45.0 Å². The molecule has 29 heavy (non-hydrogen) atoms. The van der Waals surface area contributed by atoms with Crippen molar-refractivity contribution in [2.45, 2.75) is 58.5 Å². The molecular formula is C25H30N2O2. The Morgan fingerprint density at radius 2 is 1.66 bits per heavy atom. The zero-order chi connectivity index (χ0) is 20.5. The van der Waals surface area contributed by atoms with Crippen molar-refractivity contribution in [1.82, 2.24) is 4.90 Å². The molecule has 2 amide bonds. The highest BCUT2D eigenvalue weighted by atomic mass is 16.2. The lowest BCUT2D eigenvalue weighted by Gasteiger charge is -2.23. The average Bonchev–Trinajstić information content (AvgIpc) is 3.63. The minimum Gasteiger partial charge on any atom is -0.331 e. The standard InChI is InChI=1S/C25H30N2O2/c1-16(2)19-6-4-18(5-7-19)15-27(22-12-13-22)25(29)20-8-10-21(11-9-20)26-24(28)23-14-17(23)3/h4-11,16-17,22-23H,12-15H2,1-3H3,(H,26,28). The first-order chi connectivity index (χ1) is 13.9. The van der Waals surface area contributed by atoms with Crippen LogP contribution in [-0.2, 0) is 11.3 Å². The summed E-state index contributed by atoms with van der Waals surface area (Å²) in [6.07, 6.45) is 3.12. The molecule has 0 heterocycles. The number of carbonyl (C=O) groups is 2. The highest BCUT2D eigenvalue weighted by molar-refractivity contribution is 5.97. The molecule has 4 heteroatoms. The number of hydrogen-bond donors (Lipinski definition) is 1. The molecule has 0 radical (unpaired) electrons. The van der Waals surface area contributed by atoms with E-state index in [2.05, 4.69) is 50.4 Å². The molecule has 0 aromatic heterocycles. The largest absolute Gasteiger partial charge is 0.331 e. The predicted octanol–water partition coefficient (Wildman–Crippen LogP) is 5.21. The third-order valence-corrected chi connectivity index (χ3v) is 6.09. The third-order valence-electron chi connectivity index (χ3n) is 6.09. The Morgan fingerprint density at radius 3 is 2.17 bits per heavy atom. The van der Waals surface area contributed by atoms with Crippen molar-refractivity contribution in [1.29, 1.82) is 0 Å². The summed E-state index contributed by atoms with van der Waals surface area (Å²) in [4.78, 5) is 27.2. The molecule has 2 aromatic rings. The highest BCUT2D eigenvalue weighted by Gasteiger charge is 2.39. The molecule has 2 unspecified atom stereocenters. The Hall–Kier alpha value is -2.62. The van der Waals surface area contributed by atoms with Crippen molar-refractivity contribution < 1.29 is 9.59 Å². The van der Waals surface area contributed by atoms with Crippen molar-refractivity contribution in [3.05, 3.63) is 65.2 Å². The molecule has 152 valence electrons. The summed E-state index contributed by atoms with van der Waals surface area (Å²) >= 11 is 0. The third kappa shape index (κ3) is 4.69. The van der Waals surface area contributed by atoms with Crippen LogP contribution in [0.25, 0.3) is 0 Å². The van der Waals surface area contributed by atoms with Crippen LogP contribution in [0.3, 0.4) is 0 Å². The lowest BCUT2D eigenvalue weighted by atomic mass is 10.0. The van der Waals surface area contributed by atoms with E-state index in [0.29, 0.717) is 30.0 Å². The normalized spacial score (nSPS) is 20.4. The van der Waals surface area contributed by atoms with Crippen LogP contribution < -0.4 is 5.32 Å². The van der Waals surface area contributed by atoms with Crippen LogP contribution in [0.1, 0.15) is 67.4 Å². The van der Waals surface area contributed by atoms with E-state index >= 15 is 0 Å². The number of carbonyl (C=O) groups excluding carboxylic acids is 2. The Morgan fingerprint density at radius 1 is 1.03 bits per heavy atom. The SMILES string of the molecule is CC(C)c1ccc(CN(C(=O)c2ccc(NC(=O)C3CC3C)cc2)C2CC2)cc1. The van der Waals surface area contributed by atoms with Gasteiger partial charge in [0.05, 0.1) is 0 Å². The maximum Gasteiger partial charge on any atom is 0.254 e. The van der Waals surface area contributed by atoms with Crippen LogP contribution in [0.2, 0.25) is 0 Å². The number of amides is 2. The minimum absolute atomic E-state index is 0.0640. The van der Waals surface area contributed by atoms with Gasteiger partial charge in [0.15, 0.2) is 0 Å². The van der Waals surface area contributed by atoms with Gasteiger partial charge in [-0.05, 0) is 66.5 Å². The molecule has 0 spiro atoms. The van der Waals surface area contributed by atoms with Gasteiger partial charge in [-0.3, -0.25) is 9.59 Å². The molecule has 2 aromatic carbocycles. The summed E-state index contributed by atoms with van der Waals surface area (Å²) in [5, 5.41) is 2.96. The molecular weight excluding hydrogens is 360 g/mol. The topological polar surface area (TPSA) is 49.4 Å². The van der Waals surface area contributed by atoms with Crippen LogP contribution >= 0.6 is 0 Å². The second-order valence-electron chi connectivity index (χ2n) is 8.95. The lowest BCUT2D eigenvalue weighted by Crippen LogP contribution is -2.32. The number of hydrogen-bond acceptors (Lipinski definition) is 2. The van der Waals surface area contributed by atoms with E-state index in [-0.39, 0.29) is 17.7 Å². The number of nitrogens with one attached hydrogen (secondary N) is 1. The van der Waals surface area contributed by atoms with E-state index in [0.717, 1.165) is 30.5 Å². The number of benzene rings is 2. The van der Waals surface area contributed by atoms with Crippen LogP contribution in [0, 0.1) is 11.8 Å². The predicted molar refractivity (Wildman–Crippen MR) is 116 cm³/mol. The van der Waals surface area contributed by atoms with Gasteiger partial charge in [-0.25, -0.2) is 0 Å². The Kier molecular flexibility index (Phi) is 5.44. The van der Waals surface area contributed by atoms with Crippen molar-refractivity contribution in [3.8, 4) is 0 Å². The molecule has 1 N–H and O–H groups in total. The molecule has 2 aliphatic carbocycles. The van der Waals surface area contributed by atoms with Gasteiger partial charge in [0, 0.05) is 29.8 Å². The van der Waals surface area contributed by atoms with Gasteiger partial charge >= 0.3 is 0 Å². The van der Waals surface area contributed by atoms with Gasteiger partial charge < -0.3 is 10.2 Å². The van der Waals surface area contributed by atoms with Gasteiger partial charge in [0.1, 0.15) is 0 Å². The molecule has 2 atom stereocenters. The maximum absolute atomic E-state index is 13.1.